The van der Waals surface area contributed by atoms with E-state index in [1.165, 1.54) is 49.2 Å². The molecule has 0 spiro atoms. The van der Waals surface area contributed by atoms with Crippen molar-refractivity contribution in [2.24, 2.45) is 0 Å². The lowest BCUT2D eigenvalue weighted by molar-refractivity contribution is 1.17. The van der Waals surface area contributed by atoms with Crippen molar-refractivity contribution in [2.45, 2.75) is 0 Å². The summed E-state index contributed by atoms with van der Waals surface area (Å²) in [6.45, 7) is 0. The van der Waals surface area contributed by atoms with Crippen molar-refractivity contribution in [3.63, 3.8) is 0 Å². The van der Waals surface area contributed by atoms with Crippen molar-refractivity contribution >= 4 is 43.6 Å². The average molecular weight is 791 g/mol. The third-order valence-corrected chi connectivity index (χ3v) is 12.1. The summed E-state index contributed by atoms with van der Waals surface area (Å²) in [5.74, 6) is 0.708. The van der Waals surface area contributed by atoms with Gasteiger partial charge in [0.15, 0.2) is 5.82 Å². The lowest BCUT2D eigenvalue weighted by Gasteiger charge is -2.17. The maximum Gasteiger partial charge on any atom is 0.160 e. The van der Waals surface area contributed by atoms with Gasteiger partial charge in [0.05, 0.1) is 39.1 Å². The van der Waals surface area contributed by atoms with Crippen molar-refractivity contribution in [1.29, 1.82) is 0 Å². The second-order valence-corrected chi connectivity index (χ2v) is 15.8. The van der Waals surface area contributed by atoms with E-state index in [2.05, 4.69) is 215 Å². The molecule has 4 nitrogen and oxygen atoms in total. The highest BCUT2D eigenvalue weighted by molar-refractivity contribution is 6.15. The van der Waals surface area contributed by atoms with E-state index in [9.17, 15) is 0 Å². The fourth-order valence-corrected chi connectivity index (χ4v) is 9.32. The zero-order chi connectivity index (χ0) is 41.0. The van der Waals surface area contributed by atoms with Crippen LogP contribution in [-0.2, 0) is 0 Å². The highest BCUT2D eigenvalue weighted by Gasteiger charge is 2.21. The number of benzene rings is 9. The van der Waals surface area contributed by atoms with Gasteiger partial charge in [-0.25, -0.2) is 9.97 Å². The van der Waals surface area contributed by atoms with Crippen LogP contribution in [0.5, 0.6) is 0 Å². The highest BCUT2D eigenvalue weighted by atomic mass is 15.0. The molecule has 0 N–H and O–H groups in total. The average Bonchev–Trinajstić information content (AvgIpc) is 3.87. The molecule has 12 aromatic rings. The van der Waals surface area contributed by atoms with Crippen LogP contribution < -0.4 is 0 Å². The number of fused-ring (bicyclic) bond motifs is 6. The third kappa shape index (κ3) is 5.92. The molecule has 9 aromatic carbocycles. The minimum absolute atomic E-state index is 0.708. The molecule has 0 amide bonds. The number of rotatable bonds is 7. The Morgan fingerprint density at radius 1 is 0.290 bits per heavy atom. The van der Waals surface area contributed by atoms with Crippen molar-refractivity contribution in [2.75, 3.05) is 0 Å². The van der Waals surface area contributed by atoms with E-state index in [4.69, 9.17) is 9.97 Å². The topological polar surface area (TPSA) is 35.6 Å². The van der Waals surface area contributed by atoms with Crippen LogP contribution in [0.2, 0.25) is 0 Å². The molecule has 12 rings (SSSR count). The molecule has 0 unspecified atom stereocenters. The zero-order valence-electron chi connectivity index (χ0n) is 33.7. The molecule has 0 radical (unpaired) electrons. The second-order valence-electron chi connectivity index (χ2n) is 15.8. The van der Waals surface area contributed by atoms with Gasteiger partial charge in [0.2, 0.25) is 0 Å². The highest BCUT2D eigenvalue weighted by Crippen LogP contribution is 2.43. The van der Waals surface area contributed by atoms with Gasteiger partial charge in [-0.1, -0.05) is 176 Å². The molecule has 0 atom stereocenters. The molecule has 0 aliphatic rings. The van der Waals surface area contributed by atoms with E-state index in [-0.39, 0.29) is 0 Å². The first-order chi connectivity index (χ1) is 30.8. The molecule has 4 heteroatoms. The van der Waals surface area contributed by atoms with E-state index >= 15 is 0 Å². The van der Waals surface area contributed by atoms with Crippen LogP contribution in [0, 0.1) is 0 Å². The Morgan fingerprint density at radius 3 is 1.58 bits per heavy atom. The van der Waals surface area contributed by atoms with Crippen molar-refractivity contribution in [3.8, 4) is 67.5 Å². The molecule has 290 valence electrons. The van der Waals surface area contributed by atoms with E-state index in [0.29, 0.717) is 5.82 Å². The maximum atomic E-state index is 5.13. The van der Waals surface area contributed by atoms with Crippen LogP contribution in [0.25, 0.3) is 111 Å². The van der Waals surface area contributed by atoms with Crippen LogP contribution in [0.3, 0.4) is 0 Å². The van der Waals surface area contributed by atoms with Crippen LogP contribution in [-0.4, -0.2) is 19.1 Å². The summed E-state index contributed by atoms with van der Waals surface area (Å²) in [6.07, 6.45) is 0. The Labute approximate surface area is 359 Å². The van der Waals surface area contributed by atoms with Gasteiger partial charge in [0.25, 0.3) is 0 Å². The van der Waals surface area contributed by atoms with Crippen LogP contribution in [0.1, 0.15) is 0 Å². The zero-order valence-corrected chi connectivity index (χ0v) is 33.7. The Hall–Kier alpha value is -8.34. The SMILES string of the molecule is c1ccc(-c2cc(-c3cccc(-c4ccc5c(c4)c4ccccc4n5-c4ccccc4-c4cccc5c6ccccc6n(-c6ccccc6)c45)c3)nc(-c3ccccc3)n2)cc1. The van der Waals surface area contributed by atoms with Gasteiger partial charge in [0, 0.05) is 55.0 Å². The molecule has 0 fully saturated rings. The molecule has 3 aromatic heterocycles. The standard InChI is InChI=1S/C58H38N4/c1-4-18-39(19-5-1)51-38-52(60-58(59-51)40-20-6-2-7-21-40)43-23-16-22-41(36-43)42-34-35-56-50(37-42)47-28-12-15-33-55(47)62(56)54-32-14-11-27-46(54)49-30-17-29-48-45-26-10-13-31-53(45)61(57(48)49)44-24-8-3-9-25-44/h1-38H. The Morgan fingerprint density at radius 2 is 0.806 bits per heavy atom. The van der Waals surface area contributed by atoms with E-state index in [1.807, 2.05) is 24.3 Å². The first-order valence-electron chi connectivity index (χ1n) is 21.1. The molecule has 3 heterocycles. The molecule has 0 saturated carbocycles. The van der Waals surface area contributed by atoms with Gasteiger partial charge in [-0.15, -0.1) is 0 Å². The number of aromatic nitrogens is 4. The predicted molar refractivity (Wildman–Crippen MR) is 258 cm³/mol. The van der Waals surface area contributed by atoms with Crippen molar-refractivity contribution in [3.05, 3.63) is 231 Å². The molecule has 0 saturated heterocycles. The minimum atomic E-state index is 0.708. The number of hydrogen-bond acceptors (Lipinski definition) is 2. The molecule has 62 heavy (non-hydrogen) atoms. The van der Waals surface area contributed by atoms with E-state index < -0.39 is 0 Å². The number of hydrogen-bond donors (Lipinski definition) is 0. The fraction of sp³-hybridized carbons (Fsp3) is 0. The van der Waals surface area contributed by atoms with Gasteiger partial charge in [-0.3, -0.25) is 0 Å². The summed E-state index contributed by atoms with van der Waals surface area (Å²) >= 11 is 0. The second kappa shape index (κ2) is 14.7. The summed E-state index contributed by atoms with van der Waals surface area (Å²) in [6, 6.07) is 82.2. The van der Waals surface area contributed by atoms with Crippen molar-refractivity contribution < 1.29 is 0 Å². The van der Waals surface area contributed by atoms with Gasteiger partial charge in [-0.05, 0) is 65.7 Å². The lowest BCUT2D eigenvalue weighted by atomic mass is 9.99. The van der Waals surface area contributed by atoms with Crippen LogP contribution in [0.4, 0.5) is 0 Å². The minimum Gasteiger partial charge on any atom is -0.309 e. The molecular formula is C58H38N4. The van der Waals surface area contributed by atoms with Gasteiger partial charge >= 0.3 is 0 Å². The third-order valence-electron chi connectivity index (χ3n) is 12.1. The summed E-state index contributed by atoms with van der Waals surface area (Å²) < 4.78 is 4.88. The largest absolute Gasteiger partial charge is 0.309 e. The van der Waals surface area contributed by atoms with Crippen LogP contribution in [0.15, 0.2) is 231 Å². The van der Waals surface area contributed by atoms with Crippen molar-refractivity contribution in [1.82, 2.24) is 19.1 Å². The Bertz CT molecular complexity index is 3560. The maximum absolute atomic E-state index is 5.13. The van der Waals surface area contributed by atoms with Gasteiger partial charge < -0.3 is 9.13 Å². The number of para-hydroxylation sites is 5. The summed E-state index contributed by atoms with van der Waals surface area (Å²) in [5, 5.41) is 4.89. The van der Waals surface area contributed by atoms with Gasteiger partial charge in [-0.2, -0.15) is 0 Å². The van der Waals surface area contributed by atoms with E-state index in [1.54, 1.807) is 0 Å². The summed E-state index contributed by atoms with van der Waals surface area (Å²) in [4.78, 5) is 10.2. The Kier molecular flexibility index (Phi) is 8.46. The normalized spacial score (nSPS) is 11.5. The lowest BCUT2D eigenvalue weighted by Crippen LogP contribution is -1.99. The molecular weight excluding hydrogens is 753 g/mol. The predicted octanol–water partition coefficient (Wildman–Crippen LogP) is 15.0. The van der Waals surface area contributed by atoms with E-state index in [0.717, 1.165) is 56.1 Å². The quantitative estimate of drug-likeness (QED) is 0.161. The van der Waals surface area contributed by atoms with Gasteiger partial charge in [0.1, 0.15) is 0 Å². The first kappa shape index (κ1) is 35.6. The molecule has 0 aliphatic heterocycles. The Balaban J connectivity index is 1.02. The molecule has 0 aliphatic carbocycles. The smallest absolute Gasteiger partial charge is 0.160 e. The first-order valence-corrected chi connectivity index (χ1v) is 21.1. The summed E-state index contributed by atoms with van der Waals surface area (Å²) in [5.41, 5.74) is 16.5. The summed E-state index contributed by atoms with van der Waals surface area (Å²) in [7, 11) is 0. The van der Waals surface area contributed by atoms with Crippen LogP contribution >= 0.6 is 0 Å². The molecule has 0 bridgehead atoms. The number of nitrogens with zero attached hydrogens (tertiary/aromatic N) is 4. The monoisotopic (exact) mass is 790 g/mol. The fourth-order valence-electron chi connectivity index (χ4n) is 9.32.